The zero-order valence-electron chi connectivity index (χ0n) is 13.3. The van der Waals surface area contributed by atoms with Crippen LogP contribution in [0.3, 0.4) is 0 Å². The average Bonchev–Trinajstić information content (AvgIpc) is 3.13. The molecule has 0 aliphatic rings. The van der Waals surface area contributed by atoms with E-state index in [2.05, 4.69) is 30.9 Å². The molecule has 0 aliphatic heterocycles. The Morgan fingerprint density at radius 2 is 2.22 bits per heavy atom. The Morgan fingerprint density at radius 3 is 2.87 bits per heavy atom. The second-order valence-electron chi connectivity index (χ2n) is 4.28. The highest BCUT2D eigenvalue weighted by molar-refractivity contribution is 5.37. The van der Waals surface area contributed by atoms with Crippen LogP contribution in [0, 0.1) is 0 Å². The lowest BCUT2D eigenvalue weighted by molar-refractivity contribution is 0.267. The molecule has 12 nitrogen and oxygen atoms in total. The normalized spacial score (nSPS) is 11.3. The first-order valence-electron chi connectivity index (χ1n) is 7.07. The van der Waals surface area contributed by atoms with E-state index in [-0.39, 0.29) is 24.2 Å². The van der Waals surface area contributed by atoms with Crippen LogP contribution in [-0.2, 0) is 13.7 Å². The van der Waals surface area contributed by atoms with E-state index >= 15 is 0 Å². The van der Waals surface area contributed by atoms with Crippen molar-refractivity contribution >= 4 is 0 Å². The Morgan fingerprint density at radius 1 is 1.35 bits per heavy atom. The first-order valence-corrected chi connectivity index (χ1v) is 6.62. The standard InChI is InChI=1S/C11H13N9O3/c1-3-22-10-7(6-23-8-4-5-12-13-8)9(14-16-15-10)20-11(21)19(2)17-18-20/h4-5H,3,6H2,1-2H3,(H,12,13)/i/hT. The molecule has 3 rings (SSSR count). The summed E-state index contributed by atoms with van der Waals surface area (Å²) in [6.07, 6.45) is 1.41. The first kappa shape index (κ1) is 13.4. The van der Waals surface area contributed by atoms with Crippen molar-refractivity contribution in [3.05, 3.63) is 28.3 Å². The van der Waals surface area contributed by atoms with Gasteiger partial charge in [0, 0.05) is 19.3 Å². The molecule has 0 spiro atoms. The predicted molar refractivity (Wildman–Crippen MR) is 74.1 cm³/mol. The zero-order valence-corrected chi connectivity index (χ0v) is 12.3. The van der Waals surface area contributed by atoms with E-state index in [1.807, 2.05) is 0 Å². The van der Waals surface area contributed by atoms with Crippen LogP contribution < -0.4 is 15.2 Å². The smallest absolute Gasteiger partial charge is 0.369 e. The van der Waals surface area contributed by atoms with Crippen molar-refractivity contribution in [1.29, 1.82) is 0 Å². The van der Waals surface area contributed by atoms with Crippen LogP contribution >= 0.6 is 0 Å². The fourth-order valence-corrected chi connectivity index (χ4v) is 1.76. The highest BCUT2D eigenvalue weighted by atomic mass is 16.5. The lowest BCUT2D eigenvalue weighted by Gasteiger charge is -2.10. The Hall–Kier alpha value is -3.31. The molecule has 0 fully saturated rings. The molecule has 12 heteroatoms. The molecule has 0 radical (unpaired) electrons. The number of aromatic nitrogens is 9. The summed E-state index contributed by atoms with van der Waals surface area (Å²) in [7, 11) is 1.46. The number of aryl methyl sites for hydroxylation is 1. The van der Waals surface area contributed by atoms with E-state index in [0.29, 0.717) is 12.2 Å². The van der Waals surface area contributed by atoms with Crippen molar-refractivity contribution in [2.24, 2.45) is 7.05 Å². The van der Waals surface area contributed by atoms with Crippen molar-refractivity contribution < 1.29 is 10.9 Å². The molecule has 0 amide bonds. The Bertz CT molecular complexity index is 902. The molecule has 0 unspecified atom stereocenters. The van der Waals surface area contributed by atoms with Gasteiger partial charge in [-0.3, -0.25) is 5.09 Å². The fraction of sp³-hybridized carbons (Fsp3) is 0.364. The number of nitrogens with zero attached hydrogens (tertiary/aromatic N) is 8. The molecule has 120 valence electrons. The molecule has 0 bridgehead atoms. The van der Waals surface area contributed by atoms with Gasteiger partial charge in [0.15, 0.2) is 7.23 Å². The van der Waals surface area contributed by atoms with Crippen LogP contribution in [0.5, 0.6) is 11.8 Å². The molecule has 0 saturated carbocycles. The molecule has 1 N–H and O–H groups in total. The van der Waals surface area contributed by atoms with Crippen LogP contribution in [-0.4, -0.2) is 52.0 Å². The lowest BCUT2D eigenvalue weighted by atomic mass is 10.3. The van der Waals surface area contributed by atoms with Gasteiger partial charge in [-0.2, -0.15) is 4.68 Å². The van der Waals surface area contributed by atoms with E-state index in [1.165, 1.54) is 19.3 Å². The minimum absolute atomic E-state index is 0.0623. The average molecular weight is 321 g/mol. The van der Waals surface area contributed by atoms with E-state index < -0.39 is 5.69 Å². The summed E-state index contributed by atoms with van der Waals surface area (Å²) in [6, 6.07) is 1.52. The third-order valence-corrected chi connectivity index (χ3v) is 2.81. The molecular weight excluding hydrogens is 306 g/mol. The molecule has 0 saturated heterocycles. The van der Waals surface area contributed by atoms with E-state index in [4.69, 9.17) is 10.9 Å². The van der Waals surface area contributed by atoms with Crippen LogP contribution in [0.4, 0.5) is 0 Å². The largest absolute Gasteiger partial charge is 0.476 e. The summed E-state index contributed by atoms with van der Waals surface area (Å²) in [6.45, 7) is 2.05. The van der Waals surface area contributed by atoms with Gasteiger partial charge in [0.2, 0.25) is 11.8 Å². The van der Waals surface area contributed by atoms with Crippen molar-refractivity contribution in [3.63, 3.8) is 0 Å². The van der Waals surface area contributed by atoms with Crippen molar-refractivity contribution in [3.8, 4) is 17.6 Å². The summed E-state index contributed by atoms with van der Waals surface area (Å²) in [5.41, 5.74) is -0.149. The van der Waals surface area contributed by atoms with Gasteiger partial charge in [0.05, 0.1) is 6.61 Å². The van der Waals surface area contributed by atoms with Crippen molar-refractivity contribution in [1.82, 2.24) is 45.4 Å². The third kappa shape index (κ3) is 2.86. The highest BCUT2D eigenvalue weighted by Crippen LogP contribution is 2.20. The van der Waals surface area contributed by atoms with Gasteiger partial charge in [-0.15, -0.1) is 14.9 Å². The minimum atomic E-state index is -0.505. The zero-order chi connectivity index (χ0) is 17.1. The number of H-pyrrole nitrogens is 1. The molecule has 0 aromatic carbocycles. The maximum Gasteiger partial charge on any atom is 0.369 e. The van der Waals surface area contributed by atoms with Gasteiger partial charge in [-0.05, 0) is 22.6 Å². The van der Waals surface area contributed by atoms with Crippen LogP contribution in [0.1, 0.15) is 12.5 Å². The lowest BCUT2D eigenvalue weighted by Crippen LogP contribution is -2.25. The molecule has 3 aromatic heterocycles. The third-order valence-electron chi connectivity index (χ3n) is 2.81. The topological polar surface area (TPSA) is 139 Å². The molecule has 3 heterocycles. The summed E-state index contributed by atoms with van der Waals surface area (Å²) in [5, 5.41) is 23.3. The number of nitrogens with one attached hydrogen (secondary N) is 1. The SMILES string of the molecule is [3H]n1ccc(OCc2c(OCC)nnnc2-n2nnn(C)c2=O)n1. The predicted octanol–water partition coefficient (Wildman–Crippen LogP) is -1.15. The highest BCUT2D eigenvalue weighted by Gasteiger charge is 2.20. The molecular formula is C11H13N9O3. The Labute approximate surface area is 130 Å². The second kappa shape index (κ2) is 6.21. The van der Waals surface area contributed by atoms with Gasteiger partial charge < -0.3 is 9.47 Å². The van der Waals surface area contributed by atoms with Crippen LogP contribution in [0.2, 0.25) is 1.41 Å². The Kier molecular flexibility index (Phi) is 3.61. The fourth-order valence-electron chi connectivity index (χ4n) is 1.76. The van der Waals surface area contributed by atoms with Gasteiger partial charge in [0.1, 0.15) is 12.2 Å². The molecule has 23 heavy (non-hydrogen) atoms. The summed E-state index contributed by atoms with van der Waals surface area (Å²) < 4.78 is 20.2. The summed E-state index contributed by atoms with van der Waals surface area (Å²) in [4.78, 5) is 12.1. The van der Waals surface area contributed by atoms with Gasteiger partial charge >= 0.3 is 5.69 Å². The van der Waals surface area contributed by atoms with Crippen molar-refractivity contribution in [2.45, 2.75) is 13.5 Å². The summed E-state index contributed by atoms with van der Waals surface area (Å²) >= 11 is 0. The minimum Gasteiger partial charge on any atom is -0.476 e. The Balaban J connectivity index is 2.00. The number of aromatic amines is 1. The van der Waals surface area contributed by atoms with E-state index in [9.17, 15) is 4.79 Å². The quantitative estimate of drug-likeness (QED) is 0.596. The maximum absolute atomic E-state index is 12.1. The number of hydrogen-bond acceptors (Lipinski definition) is 9. The van der Waals surface area contributed by atoms with Crippen LogP contribution in [0.25, 0.3) is 5.82 Å². The van der Waals surface area contributed by atoms with Gasteiger partial charge in [-0.25, -0.2) is 4.79 Å². The number of tetrazole rings is 1. The number of hydrogen-bond donors (Lipinski definition) is 1. The molecule has 0 aliphatic carbocycles. The van der Waals surface area contributed by atoms with Gasteiger partial charge in [0.25, 0.3) is 0 Å². The van der Waals surface area contributed by atoms with E-state index in [1.54, 1.807) is 6.92 Å². The second-order valence-corrected chi connectivity index (χ2v) is 4.28. The van der Waals surface area contributed by atoms with E-state index in [0.717, 1.165) is 14.5 Å². The molecule has 0 atom stereocenters. The number of ether oxygens (including phenoxy) is 2. The first-order chi connectivity index (χ1) is 11.6. The van der Waals surface area contributed by atoms with Crippen LogP contribution in [0.15, 0.2) is 17.1 Å². The van der Waals surface area contributed by atoms with Crippen molar-refractivity contribution in [2.75, 3.05) is 6.61 Å². The monoisotopic (exact) mass is 321 g/mol. The molecule has 3 aromatic rings. The number of rotatable bonds is 6. The van der Waals surface area contributed by atoms with Gasteiger partial charge in [-0.1, -0.05) is 5.10 Å². The summed E-state index contributed by atoms with van der Waals surface area (Å²) in [5.74, 6) is 0.476. The maximum atomic E-state index is 12.1.